The number of aryl methyl sites for hydroxylation is 1. The van der Waals surface area contributed by atoms with Crippen LogP contribution in [0.25, 0.3) is 0 Å². The predicted octanol–water partition coefficient (Wildman–Crippen LogP) is 4.82. The molecule has 0 unspecified atom stereocenters. The Morgan fingerprint density at radius 2 is 1.80 bits per heavy atom. The van der Waals surface area contributed by atoms with Crippen LogP contribution in [-0.2, 0) is 16.0 Å². The number of carbonyl (C=O) groups is 2. The van der Waals surface area contributed by atoms with E-state index >= 15 is 0 Å². The molecule has 132 valence electrons. The molecule has 1 amide bonds. The number of methoxy groups -OCH3 is 1. The van der Waals surface area contributed by atoms with Crippen LogP contribution in [-0.4, -0.2) is 19.0 Å². The third-order valence-electron chi connectivity index (χ3n) is 3.95. The zero-order valence-corrected chi connectivity index (χ0v) is 15.4. The molecule has 0 fully saturated rings. The van der Waals surface area contributed by atoms with E-state index in [2.05, 4.69) is 36.0 Å². The van der Waals surface area contributed by atoms with E-state index in [0.717, 1.165) is 5.56 Å². The Kier molecular flexibility index (Phi) is 6.59. The molecule has 0 aromatic heterocycles. The first kappa shape index (κ1) is 19.0. The zero-order valence-electron chi connectivity index (χ0n) is 14.6. The fourth-order valence-electron chi connectivity index (χ4n) is 2.41. The first-order valence-corrected chi connectivity index (χ1v) is 8.55. The fraction of sp³-hybridized carbons (Fsp3) is 0.300. The third-order valence-corrected chi connectivity index (χ3v) is 4.28. The van der Waals surface area contributed by atoms with Gasteiger partial charge < -0.3 is 10.1 Å². The molecule has 0 aliphatic carbocycles. The van der Waals surface area contributed by atoms with Gasteiger partial charge in [-0.15, -0.1) is 0 Å². The van der Waals surface area contributed by atoms with Gasteiger partial charge in [-0.25, -0.2) is 4.79 Å². The maximum absolute atomic E-state index is 12.2. The number of amides is 1. The maximum atomic E-state index is 12.2. The van der Waals surface area contributed by atoms with Crippen molar-refractivity contribution < 1.29 is 14.3 Å². The molecule has 0 saturated carbocycles. The number of carbonyl (C=O) groups excluding carboxylic acids is 2. The van der Waals surface area contributed by atoms with E-state index in [1.54, 1.807) is 12.1 Å². The lowest BCUT2D eigenvalue weighted by Gasteiger charge is -2.10. The number of hydrogen-bond acceptors (Lipinski definition) is 3. The highest BCUT2D eigenvalue weighted by molar-refractivity contribution is 6.33. The second kappa shape index (κ2) is 8.67. The Morgan fingerprint density at radius 3 is 2.40 bits per heavy atom. The summed E-state index contributed by atoms with van der Waals surface area (Å²) in [5, 5.41) is 3.13. The largest absolute Gasteiger partial charge is 0.465 e. The molecule has 2 rings (SSSR count). The van der Waals surface area contributed by atoms with Crippen molar-refractivity contribution >= 4 is 29.2 Å². The topological polar surface area (TPSA) is 55.4 Å². The average molecular weight is 360 g/mol. The monoisotopic (exact) mass is 359 g/mol. The highest BCUT2D eigenvalue weighted by Gasteiger charge is 2.11. The van der Waals surface area contributed by atoms with Crippen LogP contribution in [0.3, 0.4) is 0 Å². The molecule has 2 aromatic carbocycles. The SMILES string of the molecule is COC(=O)c1ccc(Cl)c(NC(=O)CCc2ccc(C(C)C)cc2)c1. The van der Waals surface area contributed by atoms with Crippen molar-refractivity contribution in [1.29, 1.82) is 0 Å². The van der Waals surface area contributed by atoms with E-state index in [-0.39, 0.29) is 5.91 Å². The van der Waals surface area contributed by atoms with Gasteiger partial charge in [0.25, 0.3) is 0 Å². The van der Waals surface area contributed by atoms with Gasteiger partial charge in [-0.05, 0) is 41.7 Å². The van der Waals surface area contributed by atoms with Gasteiger partial charge in [0.2, 0.25) is 5.91 Å². The van der Waals surface area contributed by atoms with E-state index in [1.165, 1.54) is 18.7 Å². The van der Waals surface area contributed by atoms with Crippen molar-refractivity contribution in [2.24, 2.45) is 0 Å². The number of halogens is 1. The van der Waals surface area contributed by atoms with Crippen molar-refractivity contribution in [3.63, 3.8) is 0 Å². The van der Waals surface area contributed by atoms with Gasteiger partial charge in [0.1, 0.15) is 0 Å². The quantitative estimate of drug-likeness (QED) is 0.752. The first-order chi connectivity index (χ1) is 11.9. The van der Waals surface area contributed by atoms with Gasteiger partial charge in [-0.2, -0.15) is 0 Å². The number of hydrogen-bond donors (Lipinski definition) is 1. The lowest BCUT2D eigenvalue weighted by Crippen LogP contribution is -2.13. The molecular weight excluding hydrogens is 338 g/mol. The molecule has 0 aliphatic rings. The van der Waals surface area contributed by atoms with E-state index in [1.807, 2.05) is 12.1 Å². The Hall–Kier alpha value is -2.33. The smallest absolute Gasteiger partial charge is 0.337 e. The van der Waals surface area contributed by atoms with Crippen LogP contribution in [0.4, 0.5) is 5.69 Å². The highest BCUT2D eigenvalue weighted by Crippen LogP contribution is 2.24. The number of rotatable bonds is 6. The Bertz CT molecular complexity index is 754. The number of anilines is 1. The average Bonchev–Trinajstić information content (AvgIpc) is 2.61. The van der Waals surface area contributed by atoms with Crippen molar-refractivity contribution in [2.75, 3.05) is 12.4 Å². The molecule has 0 atom stereocenters. The van der Waals surface area contributed by atoms with Crippen molar-refractivity contribution in [2.45, 2.75) is 32.6 Å². The minimum atomic E-state index is -0.475. The number of ether oxygens (including phenoxy) is 1. The molecule has 0 radical (unpaired) electrons. The molecular formula is C20H22ClNO3. The van der Waals surface area contributed by atoms with Crippen LogP contribution >= 0.6 is 11.6 Å². The number of benzene rings is 2. The van der Waals surface area contributed by atoms with Crippen LogP contribution in [0.5, 0.6) is 0 Å². The normalized spacial score (nSPS) is 10.6. The van der Waals surface area contributed by atoms with Crippen molar-refractivity contribution in [3.05, 3.63) is 64.2 Å². The van der Waals surface area contributed by atoms with Gasteiger partial charge >= 0.3 is 5.97 Å². The van der Waals surface area contributed by atoms with Gasteiger partial charge in [0.15, 0.2) is 0 Å². The summed E-state index contributed by atoms with van der Waals surface area (Å²) in [5.74, 6) is -0.143. The lowest BCUT2D eigenvalue weighted by atomic mass is 10.0. The van der Waals surface area contributed by atoms with E-state index in [4.69, 9.17) is 11.6 Å². The number of nitrogens with one attached hydrogen (secondary N) is 1. The minimum absolute atomic E-state index is 0.156. The van der Waals surface area contributed by atoms with Crippen LogP contribution in [0, 0.1) is 0 Å². The lowest BCUT2D eigenvalue weighted by molar-refractivity contribution is -0.116. The summed E-state index contributed by atoms with van der Waals surface area (Å²) in [7, 11) is 1.31. The Labute approximate surface area is 153 Å². The molecule has 0 bridgehead atoms. The van der Waals surface area contributed by atoms with Gasteiger partial charge in [-0.1, -0.05) is 49.7 Å². The second-order valence-electron chi connectivity index (χ2n) is 6.13. The van der Waals surface area contributed by atoms with Gasteiger partial charge in [-0.3, -0.25) is 4.79 Å². The van der Waals surface area contributed by atoms with Crippen LogP contribution in [0.15, 0.2) is 42.5 Å². The summed E-state index contributed by atoms with van der Waals surface area (Å²) >= 11 is 6.09. The predicted molar refractivity (Wildman–Crippen MR) is 100 cm³/mol. The molecule has 1 N–H and O–H groups in total. The Balaban J connectivity index is 1.97. The summed E-state index contributed by atoms with van der Waals surface area (Å²) in [5.41, 5.74) is 3.13. The van der Waals surface area contributed by atoms with Gasteiger partial charge in [0.05, 0.1) is 23.4 Å². The highest BCUT2D eigenvalue weighted by atomic mass is 35.5. The standard InChI is InChI=1S/C20H22ClNO3/c1-13(2)15-7-4-14(5-8-15)6-11-19(23)22-18-12-16(20(24)25-3)9-10-17(18)21/h4-5,7-10,12-13H,6,11H2,1-3H3,(H,22,23). The molecule has 0 heterocycles. The van der Waals surface area contributed by atoms with E-state index in [9.17, 15) is 9.59 Å². The van der Waals surface area contributed by atoms with Crippen molar-refractivity contribution in [3.8, 4) is 0 Å². The first-order valence-electron chi connectivity index (χ1n) is 8.17. The van der Waals surface area contributed by atoms with E-state index < -0.39 is 5.97 Å². The zero-order chi connectivity index (χ0) is 18.4. The maximum Gasteiger partial charge on any atom is 0.337 e. The van der Waals surface area contributed by atoms with Crippen LogP contribution in [0.2, 0.25) is 5.02 Å². The second-order valence-corrected chi connectivity index (χ2v) is 6.54. The van der Waals surface area contributed by atoms with Crippen molar-refractivity contribution in [1.82, 2.24) is 0 Å². The molecule has 5 heteroatoms. The summed E-state index contributed by atoms with van der Waals surface area (Å²) in [6.45, 7) is 4.29. The molecule has 0 aliphatic heterocycles. The molecule has 2 aromatic rings. The van der Waals surface area contributed by atoms with E-state index in [0.29, 0.717) is 35.0 Å². The molecule has 0 spiro atoms. The fourth-order valence-corrected chi connectivity index (χ4v) is 2.57. The summed E-state index contributed by atoms with van der Waals surface area (Å²) < 4.78 is 4.67. The summed E-state index contributed by atoms with van der Waals surface area (Å²) in [6, 6.07) is 12.9. The van der Waals surface area contributed by atoms with Crippen LogP contribution in [0.1, 0.15) is 47.7 Å². The minimum Gasteiger partial charge on any atom is -0.465 e. The summed E-state index contributed by atoms with van der Waals surface area (Å²) in [6.07, 6.45) is 0.971. The third kappa shape index (κ3) is 5.33. The summed E-state index contributed by atoms with van der Waals surface area (Å²) in [4.78, 5) is 23.7. The molecule has 0 saturated heterocycles. The molecule has 4 nitrogen and oxygen atoms in total. The van der Waals surface area contributed by atoms with Gasteiger partial charge in [0, 0.05) is 6.42 Å². The van der Waals surface area contributed by atoms with Crippen LogP contribution < -0.4 is 5.32 Å². The Morgan fingerprint density at radius 1 is 1.12 bits per heavy atom. The number of esters is 1. The molecule has 25 heavy (non-hydrogen) atoms.